The van der Waals surface area contributed by atoms with Crippen molar-refractivity contribution in [3.05, 3.63) is 54.1 Å². The van der Waals surface area contributed by atoms with Crippen molar-refractivity contribution in [2.45, 2.75) is 12.8 Å². The van der Waals surface area contributed by atoms with Gasteiger partial charge in [-0.25, -0.2) is 0 Å². The lowest BCUT2D eigenvalue weighted by atomic mass is 10.1. The van der Waals surface area contributed by atoms with Crippen LogP contribution in [0.5, 0.6) is 17.2 Å². The monoisotopic (exact) mass is 384 g/mol. The van der Waals surface area contributed by atoms with Crippen molar-refractivity contribution in [3.63, 3.8) is 0 Å². The molecule has 0 aliphatic carbocycles. The van der Waals surface area contributed by atoms with Gasteiger partial charge in [0, 0.05) is 44.2 Å². The number of carbonyl (C=O) groups is 2. The minimum absolute atomic E-state index is 0.0544. The number of ether oxygens (including phenoxy) is 1. The third kappa shape index (κ3) is 5.16. The Kier molecular flexibility index (Phi) is 6.37. The summed E-state index contributed by atoms with van der Waals surface area (Å²) in [5.41, 5.74) is 0.232. The summed E-state index contributed by atoms with van der Waals surface area (Å²) < 4.78 is 5.60. The largest absolute Gasteiger partial charge is 0.508 e. The van der Waals surface area contributed by atoms with E-state index in [1.807, 2.05) is 30.3 Å². The van der Waals surface area contributed by atoms with Crippen LogP contribution < -0.4 is 4.74 Å². The van der Waals surface area contributed by atoms with Crippen molar-refractivity contribution < 1.29 is 24.5 Å². The molecule has 3 rings (SSSR count). The minimum atomic E-state index is -0.269. The molecular weight excluding hydrogens is 360 g/mol. The Labute approximate surface area is 163 Å². The van der Waals surface area contributed by atoms with Gasteiger partial charge in [-0.05, 0) is 30.7 Å². The van der Waals surface area contributed by atoms with Gasteiger partial charge >= 0.3 is 0 Å². The number of amides is 2. The number of hydrogen-bond acceptors (Lipinski definition) is 5. The lowest BCUT2D eigenvalue weighted by Crippen LogP contribution is -2.50. The fraction of sp³-hybridized carbons (Fsp3) is 0.333. The first-order valence-corrected chi connectivity index (χ1v) is 9.31. The summed E-state index contributed by atoms with van der Waals surface area (Å²) in [6, 6.07) is 13.3. The average Bonchev–Trinajstić information content (AvgIpc) is 2.70. The summed E-state index contributed by atoms with van der Waals surface area (Å²) in [6.45, 7) is 2.25. The van der Waals surface area contributed by atoms with Gasteiger partial charge in [0.25, 0.3) is 5.91 Å². The zero-order valence-corrected chi connectivity index (χ0v) is 15.6. The van der Waals surface area contributed by atoms with Crippen molar-refractivity contribution in [3.8, 4) is 17.2 Å². The predicted octanol–water partition coefficient (Wildman–Crippen LogP) is 2.24. The molecule has 148 valence electrons. The Morgan fingerprint density at radius 2 is 1.50 bits per heavy atom. The van der Waals surface area contributed by atoms with Crippen LogP contribution in [0, 0.1) is 0 Å². The summed E-state index contributed by atoms with van der Waals surface area (Å²) >= 11 is 0. The molecule has 0 saturated carbocycles. The topological polar surface area (TPSA) is 90.3 Å². The van der Waals surface area contributed by atoms with Crippen molar-refractivity contribution in [2.24, 2.45) is 0 Å². The highest BCUT2D eigenvalue weighted by molar-refractivity contribution is 5.95. The summed E-state index contributed by atoms with van der Waals surface area (Å²) in [5.74, 6) is 0.262. The van der Waals surface area contributed by atoms with Crippen LogP contribution in [0.2, 0.25) is 0 Å². The number of phenolic OH excluding ortho intramolecular Hbond substituents is 2. The molecule has 1 saturated heterocycles. The van der Waals surface area contributed by atoms with E-state index in [-0.39, 0.29) is 28.9 Å². The van der Waals surface area contributed by atoms with Crippen molar-refractivity contribution in [2.75, 3.05) is 32.8 Å². The summed E-state index contributed by atoms with van der Waals surface area (Å²) in [4.78, 5) is 28.2. The van der Waals surface area contributed by atoms with Crippen molar-refractivity contribution in [1.29, 1.82) is 0 Å². The summed E-state index contributed by atoms with van der Waals surface area (Å²) in [7, 11) is 0. The molecule has 28 heavy (non-hydrogen) atoms. The van der Waals surface area contributed by atoms with Crippen molar-refractivity contribution in [1.82, 2.24) is 9.80 Å². The molecule has 0 unspecified atom stereocenters. The number of hydrogen-bond donors (Lipinski definition) is 2. The quantitative estimate of drug-likeness (QED) is 0.746. The second-order valence-electron chi connectivity index (χ2n) is 6.68. The zero-order chi connectivity index (χ0) is 19.9. The van der Waals surface area contributed by atoms with E-state index < -0.39 is 0 Å². The summed E-state index contributed by atoms with van der Waals surface area (Å²) in [6.07, 6.45) is 1.04. The molecule has 1 aliphatic rings. The number of nitrogens with zero attached hydrogens (tertiary/aromatic N) is 2. The first kappa shape index (κ1) is 19.5. The van der Waals surface area contributed by atoms with Crippen LogP contribution in [-0.2, 0) is 4.79 Å². The maximum atomic E-state index is 12.5. The van der Waals surface area contributed by atoms with E-state index in [1.165, 1.54) is 18.2 Å². The van der Waals surface area contributed by atoms with Gasteiger partial charge in [0.15, 0.2) is 0 Å². The molecule has 7 heteroatoms. The molecule has 0 bridgehead atoms. The molecule has 1 fully saturated rings. The van der Waals surface area contributed by atoms with Gasteiger partial charge < -0.3 is 24.7 Å². The van der Waals surface area contributed by atoms with Crippen LogP contribution >= 0.6 is 0 Å². The van der Waals surface area contributed by atoms with Gasteiger partial charge in [-0.2, -0.15) is 0 Å². The van der Waals surface area contributed by atoms with Crippen LogP contribution in [0.1, 0.15) is 23.2 Å². The van der Waals surface area contributed by atoms with Crippen LogP contribution in [0.4, 0.5) is 0 Å². The number of benzene rings is 2. The molecule has 0 spiro atoms. The fourth-order valence-corrected chi connectivity index (χ4v) is 3.15. The van der Waals surface area contributed by atoms with Gasteiger partial charge in [-0.1, -0.05) is 18.2 Å². The van der Waals surface area contributed by atoms with Gasteiger partial charge in [0.2, 0.25) is 5.91 Å². The molecule has 7 nitrogen and oxygen atoms in total. The molecule has 1 heterocycles. The zero-order valence-electron chi connectivity index (χ0n) is 15.6. The smallest absolute Gasteiger partial charge is 0.254 e. The molecule has 1 aliphatic heterocycles. The van der Waals surface area contributed by atoms with Gasteiger partial charge in [0.1, 0.15) is 17.2 Å². The SMILES string of the molecule is O=C(CCCOc1ccccc1)N1CCN(C(=O)c2cc(O)cc(O)c2)CC1. The number of piperazine rings is 1. The second-order valence-corrected chi connectivity index (χ2v) is 6.68. The first-order chi connectivity index (χ1) is 13.5. The predicted molar refractivity (Wildman–Crippen MR) is 103 cm³/mol. The molecule has 2 amide bonds. The number of para-hydroxylation sites is 1. The number of rotatable bonds is 6. The van der Waals surface area contributed by atoms with Crippen molar-refractivity contribution >= 4 is 11.8 Å². The normalized spacial score (nSPS) is 14.0. The molecule has 0 atom stereocenters. The van der Waals surface area contributed by atoms with Gasteiger partial charge in [-0.3, -0.25) is 9.59 Å². The van der Waals surface area contributed by atoms with Crippen LogP contribution in [0.3, 0.4) is 0 Å². The molecule has 2 aromatic carbocycles. The van der Waals surface area contributed by atoms with E-state index in [2.05, 4.69) is 0 Å². The molecule has 0 aromatic heterocycles. The number of carbonyl (C=O) groups excluding carboxylic acids is 2. The van der Waals surface area contributed by atoms with Gasteiger partial charge in [-0.15, -0.1) is 0 Å². The lowest BCUT2D eigenvalue weighted by Gasteiger charge is -2.35. The number of phenols is 2. The Balaban J connectivity index is 1.41. The van der Waals surface area contributed by atoms with Crippen LogP contribution in [0.15, 0.2) is 48.5 Å². The Morgan fingerprint density at radius 1 is 0.893 bits per heavy atom. The average molecular weight is 384 g/mol. The third-order valence-electron chi connectivity index (χ3n) is 4.62. The molecule has 2 N–H and O–H groups in total. The first-order valence-electron chi connectivity index (χ1n) is 9.31. The van der Waals surface area contributed by atoms with Gasteiger partial charge in [0.05, 0.1) is 6.61 Å². The Bertz CT molecular complexity index is 797. The van der Waals surface area contributed by atoms with E-state index in [1.54, 1.807) is 9.80 Å². The maximum absolute atomic E-state index is 12.5. The molecule has 0 radical (unpaired) electrons. The van der Waals surface area contributed by atoms with E-state index in [4.69, 9.17) is 4.74 Å². The maximum Gasteiger partial charge on any atom is 0.254 e. The van der Waals surface area contributed by atoms with Crippen LogP contribution in [-0.4, -0.2) is 64.6 Å². The highest BCUT2D eigenvalue weighted by Gasteiger charge is 2.25. The van der Waals surface area contributed by atoms with Crippen LogP contribution in [0.25, 0.3) is 0 Å². The molecular formula is C21H24N2O5. The Morgan fingerprint density at radius 3 is 2.14 bits per heavy atom. The lowest BCUT2D eigenvalue weighted by molar-refractivity contribution is -0.132. The highest BCUT2D eigenvalue weighted by atomic mass is 16.5. The van der Waals surface area contributed by atoms with E-state index in [0.717, 1.165) is 5.75 Å². The third-order valence-corrected chi connectivity index (χ3v) is 4.62. The standard InChI is InChI=1S/C21H24N2O5/c24-17-13-16(14-18(25)15-17)21(27)23-10-8-22(9-11-23)20(26)7-4-12-28-19-5-2-1-3-6-19/h1-3,5-6,13-15,24-25H,4,7-12H2. The fourth-order valence-electron chi connectivity index (χ4n) is 3.15. The second kappa shape index (κ2) is 9.12. The highest BCUT2D eigenvalue weighted by Crippen LogP contribution is 2.22. The summed E-state index contributed by atoms with van der Waals surface area (Å²) in [5, 5.41) is 19.1. The number of aromatic hydroxyl groups is 2. The van der Waals surface area contributed by atoms with E-state index in [9.17, 15) is 19.8 Å². The Hall–Kier alpha value is -3.22. The molecule has 2 aromatic rings. The van der Waals surface area contributed by atoms with E-state index >= 15 is 0 Å². The van der Waals surface area contributed by atoms with E-state index in [0.29, 0.717) is 45.6 Å². The minimum Gasteiger partial charge on any atom is -0.508 e.